The van der Waals surface area contributed by atoms with E-state index in [1.54, 1.807) is 19.2 Å². The number of carbonyl (C=O) groups is 2. The van der Waals surface area contributed by atoms with Gasteiger partial charge in [-0.1, -0.05) is 19.1 Å². The Labute approximate surface area is 209 Å². The zero-order valence-electron chi connectivity index (χ0n) is 20.2. The van der Waals surface area contributed by atoms with E-state index in [4.69, 9.17) is 4.74 Å². The van der Waals surface area contributed by atoms with Gasteiger partial charge in [0.25, 0.3) is 5.91 Å². The molecule has 1 aromatic heterocycles. The van der Waals surface area contributed by atoms with Crippen molar-refractivity contribution in [2.75, 3.05) is 20.2 Å². The molecule has 1 aliphatic rings. The highest BCUT2D eigenvalue weighted by atomic mass is 32.1. The lowest BCUT2D eigenvalue weighted by Crippen LogP contribution is -2.42. The number of piperidine rings is 1. The van der Waals surface area contributed by atoms with Crippen LogP contribution >= 0.6 is 11.3 Å². The summed E-state index contributed by atoms with van der Waals surface area (Å²) in [6.45, 7) is 5.50. The normalized spacial score (nSPS) is 15.0. The number of nitrogens with zero attached hydrogens (tertiary/aromatic N) is 2. The Morgan fingerprint density at radius 3 is 2.43 bits per heavy atom. The number of hydrogen-bond donors (Lipinski definition) is 1. The molecule has 184 valence electrons. The minimum atomic E-state index is -0.301. The van der Waals surface area contributed by atoms with E-state index in [-0.39, 0.29) is 29.5 Å². The number of methoxy groups -OCH3 is 1. The molecular formula is C27H30FN3O3S. The van der Waals surface area contributed by atoms with Crippen LogP contribution in [0, 0.1) is 24.6 Å². The van der Waals surface area contributed by atoms with Crippen molar-refractivity contribution in [3.05, 3.63) is 70.5 Å². The number of hydrogen-bond acceptors (Lipinski definition) is 5. The van der Waals surface area contributed by atoms with Crippen LogP contribution < -0.4 is 10.1 Å². The quantitative estimate of drug-likeness (QED) is 0.497. The van der Waals surface area contributed by atoms with Gasteiger partial charge < -0.3 is 15.0 Å². The third kappa shape index (κ3) is 5.88. The second kappa shape index (κ2) is 11.0. The Bertz CT molecular complexity index is 1170. The minimum Gasteiger partial charge on any atom is -0.497 e. The lowest BCUT2D eigenvalue weighted by molar-refractivity contribution is -0.126. The number of halogens is 1. The van der Waals surface area contributed by atoms with Gasteiger partial charge >= 0.3 is 0 Å². The molecular weight excluding hydrogens is 465 g/mol. The SMILES string of the molecule is COc1ccc(CNC(=O)[C@H](C)C2CCN(C(=O)c3sc(-c4ccc(F)cc4)nc3C)CC2)cc1. The molecule has 4 rings (SSSR count). The molecule has 2 heterocycles. The first-order valence-electron chi connectivity index (χ1n) is 11.8. The molecule has 3 aromatic rings. The molecule has 1 atom stereocenters. The van der Waals surface area contributed by atoms with Crippen molar-refractivity contribution in [2.45, 2.75) is 33.2 Å². The molecule has 1 saturated heterocycles. The fourth-order valence-corrected chi connectivity index (χ4v) is 5.40. The molecule has 1 aliphatic heterocycles. The zero-order chi connectivity index (χ0) is 24.9. The van der Waals surface area contributed by atoms with Crippen LogP contribution in [0.25, 0.3) is 10.6 Å². The van der Waals surface area contributed by atoms with E-state index in [2.05, 4.69) is 10.3 Å². The first-order valence-corrected chi connectivity index (χ1v) is 12.6. The summed E-state index contributed by atoms with van der Waals surface area (Å²) in [5.41, 5.74) is 2.51. The topological polar surface area (TPSA) is 71.5 Å². The van der Waals surface area contributed by atoms with Gasteiger partial charge in [-0.25, -0.2) is 9.37 Å². The van der Waals surface area contributed by atoms with E-state index in [0.29, 0.717) is 35.2 Å². The van der Waals surface area contributed by atoms with Crippen molar-refractivity contribution < 1.29 is 18.7 Å². The lowest BCUT2D eigenvalue weighted by Gasteiger charge is -2.34. The van der Waals surface area contributed by atoms with Gasteiger partial charge in [0.1, 0.15) is 21.5 Å². The van der Waals surface area contributed by atoms with E-state index < -0.39 is 0 Å². The molecule has 2 amide bonds. The molecule has 35 heavy (non-hydrogen) atoms. The Morgan fingerprint density at radius 1 is 1.14 bits per heavy atom. The van der Waals surface area contributed by atoms with Crippen LogP contribution in [0.15, 0.2) is 48.5 Å². The molecule has 1 N–H and O–H groups in total. The minimum absolute atomic E-state index is 0.0246. The van der Waals surface area contributed by atoms with Crippen molar-refractivity contribution >= 4 is 23.2 Å². The second-order valence-electron chi connectivity index (χ2n) is 8.92. The maximum atomic E-state index is 13.2. The van der Waals surface area contributed by atoms with Crippen molar-refractivity contribution in [1.82, 2.24) is 15.2 Å². The molecule has 2 aromatic carbocycles. The van der Waals surface area contributed by atoms with Gasteiger partial charge in [-0.05, 0) is 67.6 Å². The van der Waals surface area contributed by atoms with Crippen LogP contribution in [0.5, 0.6) is 5.75 Å². The van der Waals surface area contributed by atoms with Crippen molar-refractivity contribution in [3.63, 3.8) is 0 Å². The van der Waals surface area contributed by atoms with Gasteiger partial charge in [-0.15, -0.1) is 11.3 Å². The summed E-state index contributed by atoms with van der Waals surface area (Å²) in [5, 5.41) is 3.74. The van der Waals surface area contributed by atoms with Crippen LogP contribution in [0.4, 0.5) is 4.39 Å². The molecule has 0 radical (unpaired) electrons. The molecule has 0 unspecified atom stereocenters. The molecule has 8 heteroatoms. The molecule has 0 saturated carbocycles. The Kier molecular flexibility index (Phi) is 7.80. The largest absolute Gasteiger partial charge is 0.497 e. The Morgan fingerprint density at radius 2 is 1.80 bits per heavy atom. The number of likely N-dealkylation sites (tertiary alicyclic amines) is 1. The third-order valence-electron chi connectivity index (χ3n) is 6.66. The summed E-state index contributed by atoms with van der Waals surface area (Å²) in [7, 11) is 1.63. The number of aryl methyl sites for hydroxylation is 1. The van der Waals surface area contributed by atoms with Crippen LogP contribution in [-0.2, 0) is 11.3 Å². The zero-order valence-corrected chi connectivity index (χ0v) is 21.0. The predicted molar refractivity (Wildman–Crippen MR) is 135 cm³/mol. The maximum Gasteiger partial charge on any atom is 0.265 e. The first-order chi connectivity index (χ1) is 16.9. The number of carbonyl (C=O) groups excluding carboxylic acids is 2. The summed E-state index contributed by atoms with van der Waals surface area (Å²) in [6, 6.07) is 13.8. The Hall–Kier alpha value is -3.26. The number of thiazole rings is 1. The summed E-state index contributed by atoms with van der Waals surface area (Å²) < 4.78 is 18.4. The fraction of sp³-hybridized carbons (Fsp3) is 0.370. The standard InChI is InChI=1S/C27H30FN3O3S/c1-17(25(32)29-16-19-4-10-23(34-3)11-5-19)20-12-14-31(15-13-20)27(33)24-18(2)30-26(35-24)21-6-8-22(28)9-7-21/h4-11,17,20H,12-16H2,1-3H3,(H,29,32)/t17-/m1/s1. The highest BCUT2D eigenvalue weighted by molar-refractivity contribution is 7.17. The smallest absolute Gasteiger partial charge is 0.265 e. The Balaban J connectivity index is 1.30. The number of benzene rings is 2. The number of rotatable bonds is 7. The monoisotopic (exact) mass is 495 g/mol. The van der Waals surface area contributed by atoms with Crippen molar-refractivity contribution in [2.24, 2.45) is 11.8 Å². The van der Waals surface area contributed by atoms with Crippen LogP contribution in [-0.4, -0.2) is 41.9 Å². The van der Waals surface area contributed by atoms with Gasteiger partial charge in [-0.2, -0.15) is 0 Å². The lowest BCUT2D eigenvalue weighted by atomic mass is 9.84. The third-order valence-corrected chi connectivity index (χ3v) is 7.85. The molecule has 1 fully saturated rings. The summed E-state index contributed by atoms with van der Waals surface area (Å²) in [5.74, 6) is 0.601. The van der Waals surface area contributed by atoms with E-state index in [1.807, 2.05) is 43.0 Å². The van der Waals surface area contributed by atoms with E-state index >= 15 is 0 Å². The molecule has 0 spiro atoms. The summed E-state index contributed by atoms with van der Waals surface area (Å²) in [4.78, 5) is 32.9. The predicted octanol–water partition coefficient (Wildman–Crippen LogP) is 5.07. The average molecular weight is 496 g/mol. The van der Waals surface area contributed by atoms with Gasteiger partial charge in [0.2, 0.25) is 5.91 Å². The van der Waals surface area contributed by atoms with E-state index in [1.165, 1.54) is 23.5 Å². The highest BCUT2D eigenvalue weighted by Crippen LogP contribution is 2.31. The molecule has 6 nitrogen and oxygen atoms in total. The van der Waals surface area contributed by atoms with Crippen LogP contribution in [0.2, 0.25) is 0 Å². The number of nitrogens with one attached hydrogen (secondary N) is 1. The second-order valence-corrected chi connectivity index (χ2v) is 9.92. The number of aromatic nitrogens is 1. The number of ether oxygens (including phenoxy) is 1. The average Bonchev–Trinajstić information content (AvgIpc) is 3.28. The number of amides is 2. The first kappa shape index (κ1) is 24.9. The fourth-order valence-electron chi connectivity index (χ4n) is 4.36. The summed E-state index contributed by atoms with van der Waals surface area (Å²) in [6.07, 6.45) is 1.57. The van der Waals surface area contributed by atoms with Crippen molar-refractivity contribution in [3.8, 4) is 16.3 Å². The van der Waals surface area contributed by atoms with Gasteiger partial charge in [0, 0.05) is 31.1 Å². The molecule has 0 aliphatic carbocycles. The van der Waals surface area contributed by atoms with Gasteiger partial charge in [0.15, 0.2) is 0 Å². The highest BCUT2D eigenvalue weighted by Gasteiger charge is 2.31. The van der Waals surface area contributed by atoms with E-state index in [0.717, 1.165) is 29.7 Å². The van der Waals surface area contributed by atoms with Crippen LogP contribution in [0.3, 0.4) is 0 Å². The van der Waals surface area contributed by atoms with Crippen molar-refractivity contribution in [1.29, 1.82) is 0 Å². The van der Waals surface area contributed by atoms with E-state index in [9.17, 15) is 14.0 Å². The summed E-state index contributed by atoms with van der Waals surface area (Å²) >= 11 is 1.34. The van der Waals surface area contributed by atoms with Gasteiger partial charge in [0.05, 0.1) is 12.8 Å². The molecule has 0 bridgehead atoms. The van der Waals surface area contributed by atoms with Gasteiger partial charge in [-0.3, -0.25) is 9.59 Å². The van der Waals surface area contributed by atoms with Crippen LogP contribution in [0.1, 0.15) is 40.7 Å². The maximum absolute atomic E-state index is 13.2.